The van der Waals surface area contributed by atoms with Gasteiger partial charge in [0.1, 0.15) is 16.5 Å². The quantitative estimate of drug-likeness (QED) is 0.389. The minimum absolute atomic E-state index is 0.220. The van der Waals surface area contributed by atoms with Gasteiger partial charge in [0.15, 0.2) is 16.4 Å². The van der Waals surface area contributed by atoms with Crippen LogP contribution >= 0.6 is 35.0 Å². The molecule has 0 bridgehead atoms. The number of aromatic nitrogens is 6. The van der Waals surface area contributed by atoms with E-state index in [-0.39, 0.29) is 15.9 Å². The first-order chi connectivity index (χ1) is 16.4. The van der Waals surface area contributed by atoms with Crippen molar-refractivity contribution in [2.24, 2.45) is 0 Å². The summed E-state index contributed by atoms with van der Waals surface area (Å²) in [6, 6.07) is 5.00. The second-order valence-electron chi connectivity index (χ2n) is 7.37. The summed E-state index contributed by atoms with van der Waals surface area (Å²) < 4.78 is 1.43. The van der Waals surface area contributed by atoms with Gasteiger partial charge < -0.3 is 10.4 Å². The van der Waals surface area contributed by atoms with Gasteiger partial charge in [-0.3, -0.25) is 14.2 Å². The lowest BCUT2D eigenvalue weighted by molar-refractivity contribution is 0.102. The Morgan fingerprint density at radius 1 is 1.12 bits per heavy atom. The number of aryl methyl sites for hydroxylation is 1. The number of halogens is 2. The third kappa shape index (κ3) is 4.29. The highest BCUT2D eigenvalue weighted by atomic mass is 35.5. The number of hydrogen-bond acceptors (Lipinski definition) is 9. The highest BCUT2D eigenvalue weighted by Gasteiger charge is 2.24. The molecule has 0 aliphatic carbocycles. The van der Waals surface area contributed by atoms with Gasteiger partial charge in [0.25, 0.3) is 11.5 Å². The van der Waals surface area contributed by atoms with E-state index in [2.05, 4.69) is 30.2 Å². The van der Waals surface area contributed by atoms with E-state index >= 15 is 0 Å². The van der Waals surface area contributed by atoms with Gasteiger partial charge in [-0.25, -0.2) is 19.9 Å². The van der Waals surface area contributed by atoms with Crippen LogP contribution in [0.25, 0.3) is 11.2 Å². The van der Waals surface area contributed by atoms with Crippen molar-refractivity contribution in [3.05, 3.63) is 62.5 Å². The van der Waals surface area contributed by atoms with E-state index in [4.69, 9.17) is 23.2 Å². The molecule has 2 N–H and O–H groups in total. The highest BCUT2D eigenvalue weighted by Crippen LogP contribution is 2.36. The average Bonchev–Trinajstić information content (AvgIpc) is 2.82. The number of benzene rings is 1. The summed E-state index contributed by atoms with van der Waals surface area (Å²) in [5.74, 6) is -0.916. The fraction of sp³-hybridized carbons (Fsp3) is 0.190. The standard InChI is InChI=1S/C21H15Cl2N7O3S/c22-13-9-24-17-11(26-13)8-25-21(29-17)34-12-5-3-4-10(16(12)23)27-18(31)15-19(32)28-14-6-1-2-7-30(14)20(15)33/h3-5,8-9,32H,1-2,6-7H2,(H,27,31). The molecule has 0 spiro atoms. The van der Waals surface area contributed by atoms with E-state index < -0.39 is 22.9 Å². The molecular weight excluding hydrogens is 501 g/mol. The van der Waals surface area contributed by atoms with Gasteiger partial charge in [-0.1, -0.05) is 29.3 Å². The molecule has 4 aromatic rings. The van der Waals surface area contributed by atoms with Crippen molar-refractivity contribution in [3.63, 3.8) is 0 Å². The minimum Gasteiger partial charge on any atom is -0.493 e. The molecule has 1 aliphatic rings. The molecule has 1 aromatic carbocycles. The maximum absolute atomic E-state index is 12.9. The Hall–Kier alpha value is -3.28. The lowest BCUT2D eigenvalue weighted by Gasteiger charge is -2.18. The van der Waals surface area contributed by atoms with Crippen molar-refractivity contribution in [2.45, 2.75) is 35.9 Å². The average molecular weight is 516 g/mol. The molecule has 0 unspecified atom stereocenters. The SMILES string of the molecule is O=C(Nc1cccc(Sc2ncc3nc(Cl)cnc3n2)c1Cl)c1c(O)nc2n(c1=O)CCCC2. The van der Waals surface area contributed by atoms with Crippen LogP contribution in [0.2, 0.25) is 10.2 Å². The molecule has 0 saturated heterocycles. The third-order valence-electron chi connectivity index (χ3n) is 5.15. The normalized spacial score (nSPS) is 13.0. The number of anilines is 1. The van der Waals surface area contributed by atoms with Crippen molar-refractivity contribution < 1.29 is 9.90 Å². The molecule has 4 heterocycles. The summed E-state index contributed by atoms with van der Waals surface area (Å²) in [5.41, 5.74) is 0.0830. The Balaban J connectivity index is 1.42. The zero-order chi connectivity index (χ0) is 23.8. The van der Waals surface area contributed by atoms with Gasteiger partial charge in [0.05, 0.1) is 23.1 Å². The van der Waals surface area contributed by atoms with Crippen LogP contribution in [0.4, 0.5) is 5.69 Å². The molecule has 5 rings (SSSR count). The molecule has 1 aliphatic heterocycles. The number of rotatable bonds is 4. The number of carbonyl (C=O) groups excluding carboxylic acids is 1. The van der Waals surface area contributed by atoms with E-state index in [1.165, 1.54) is 17.0 Å². The van der Waals surface area contributed by atoms with Crippen LogP contribution in [0.5, 0.6) is 5.88 Å². The molecular formula is C21H15Cl2N7O3S. The van der Waals surface area contributed by atoms with E-state index in [9.17, 15) is 14.7 Å². The first-order valence-electron chi connectivity index (χ1n) is 10.2. The highest BCUT2D eigenvalue weighted by molar-refractivity contribution is 7.99. The Bertz CT molecular complexity index is 1510. The van der Waals surface area contributed by atoms with Gasteiger partial charge in [-0.05, 0) is 36.7 Å². The predicted molar refractivity (Wildman–Crippen MR) is 127 cm³/mol. The number of aromatic hydroxyl groups is 1. The summed E-state index contributed by atoms with van der Waals surface area (Å²) in [7, 11) is 0. The summed E-state index contributed by atoms with van der Waals surface area (Å²) in [4.78, 5) is 47.1. The maximum Gasteiger partial charge on any atom is 0.270 e. The number of amides is 1. The zero-order valence-corrected chi connectivity index (χ0v) is 19.7. The van der Waals surface area contributed by atoms with Crippen LogP contribution in [-0.2, 0) is 13.0 Å². The summed E-state index contributed by atoms with van der Waals surface area (Å²) >= 11 is 13.5. The van der Waals surface area contributed by atoms with Gasteiger partial charge in [0, 0.05) is 17.9 Å². The molecule has 13 heteroatoms. The number of carbonyl (C=O) groups is 1. The fourth-order valence-electron chi connectivity index (χ4n) is 3.56. The fourth-order valence-corrected chi connectivity index (χ4v) is 4.77. The Morgan fingerprint density at radius 3 is 2.82 bits per heavy atom. The van der Waals surface area contributed by atoms with Gasteiger partial charge >= 0.3 is 0 Å². The number of hydrogen-bond donors (Lipinski definition) is 2. The summed E-state index contributed by atoms with van der Waals surface area (Å²) in [6.45, 7) is 0.455. The molecule has 172 valence electrons. The van der Waals surface area contributed by atoms with E-state index in [0.717, 1.165) is 24.6 Å². The van der Waals surface area contributed by atoms with Gasteiger partial charge in [-0.2, -0.15) is 4.98 Å². The number of nitrogens with one attached hydrogen (secondary N) is 1. The maximum atomic E-state index is 12.9. The second-order valence-corrected chi connectivity index (χ2v) is 9.14. The van der Waals surface area contributed by atoms with E-state index in [1.807, 2.05) is 0 Å². The van der Waals surface area contributed by atoms with Crippen LogP contribution in [-0.4, -0.2) is 40.5 Å². The van der Waals surface area contributed by atoms with Crippen molar-refractivity contribution in [3.8, 4) is 5.88 Å². The summed E-state index contributed by atoms with van der Waals surface area (Å²) in [5, 5.41) is 13.7. The van der Waals surface area contributed by atoms with Crippen LogP contribution in [0, 0.1) is 0 Å². The van der Waals surface area contributed by atoms with Gasteiger partial charge in [-0.15, -0.1) is 0 Å². The van der Waals surface area contributed by atoms with Crippen LogP contribution in [0.3, 0.4) is 0 Å². The summed E-state index contributed by atoms with van der Waals surface area (Å²) in [6.07, 6.45) is 5.15. The second kappa shape index (κ2) is 9.16. The van der Waals surface area contributed by atoms with Crippen molar-refractivity contribution in [2.75, 3.05) is 5.32 Å². The first kappa shape index (κ1) is 22.5. The van der Waals surface area contributed by atoms with Crippen molar-refractivity contribution in [1.29, 1.82) is 0 Å². The zero-order valence-electron chi connectivity index (χ0n) is 17.3. The van der Waals surface area contributed by atoms with Crippen molar-refractivity contribution >= 4 is 57.7 Å². The monoisotopic (exact) mass is 515 g/mol. The molecule has 0 saturated carbocycles. The molecule has 3 aromatic heterocycles. The predicted octanol–water partition coefficient (Wildman–Crippen LogP) is 3.73. The topological polar surface area (TPSA) is 136 Å². The lowest BCUT2D eigenvalue weighted by Crippen LogP contribution is -2.34. The Morgan fingerprint density at radius 2 is 1.97 bits per heavy atom. The van der Waals surface area contributed by atoms with Crippen LogP contribution in [0.15, 0.2) is 45.4 Å². The smallest absolute Gasteiger partial charge is 0.270 e. The molecule has 0 fully saturated rings. The Kier molecular flexibility index (Phi) is 6.07. The largest absolute Gasteiger partial charge is 0.493 e. The third-order valence-corrected chi connectivity index (χ3v) is 6.79. The number of nitrogens with zero attached hydrogens (tertiary/aromatic N) is 6. The van der Waals surface area contributed by atoms with Crippen molar-refractivity contribution in [1.82, 2.24) is 29.5 Å². The van der Waals surface area contributed by atoms with Crippen LogP contribution in [0.1, 0.15) is 29.0 Å². The van der Waals surface area contributed by atoms with Gasteiger partial charge in [0.2, 0.25) is 5.88 Å². The Labute approximate surface area is 206 Å². The molecule has 1 amide bonds. The van der Waals surface area contributed by atoms with E-state index in [0.29, 0.717) is 40.0 Å². The molecule has 0 radical (unpaired) electrons. The van der Waals surface area contributed by atoms with Crippen LogP contribution < -0.4 is 10.9 Å². The molecule has 0 atom stereocenters. The van der Waals surface area contributed by atoms with E-state index in [1.54, 1.807) is 18.2 Å². The number of fused-ring (bicyclic) bond motifs is 2. The lowest BCUT2D eigenvalue weighted by atomic mass is 10.1. The first-order valence-corrected chi connectivity index (χ1v) is 11.7. The molecule has 34 heavy (non-hydrogen) atoms. The minimum atomic E-state index is -0.797. The molecule has 10 nitrogen and oxygen atoms in total.